The predicted octanol–water partition coefficient (Wildman–Crippen LogP) is 1.38. The molecule has 0 aromatic rings. The second-order valence-corrected chi connectivity index (χ2v) is 7.79. The van der Waals surface area contributed by atoms with E-state index >= 15 is 0 Å². The van der Waals surface area contributed by atoms with E-state index in [1.54, 1.807) is 11.2 Å². The van der Waals surface area contributed by atoms with Crippen molar-refractivity contribution in [2.45, 2.75) is 52.0 Å². The Morgan fingerprint density at radius 1 is 1.19 bits per heavy atom. The third-order valence-electron chi connectivity index (χ3n) is 4.37. The second-order valence-electron chi connectivity index (χ2n) is 5.91. The number of hydrogen-bond donors (Lipinski definition) is 0. The van der Waals surface area contributed by atoms with Crippen LogP contribution in [-0.4, -0.2) is 55.3 Å². The van der Waals surface area contributed by atoms with Gasteiger partial charge in [0.25, 0.3) is 10.2 Å². The number of carbonyl (C=O) groups excluding carboxylic acids is 1. The van der Waals surface area contributed by atoms with Gasteiger partial charge in [-0.05, 0) is 39.5 Å². The third-order valence-corrected chi connectivity index (χ3v) is 6.49. The fraction of sp³-hybridized carbons (Fsp3) is 0.929. The summed E-state index contributed by atoms with van der Waals surface area (Å²) in [5, 5.41) is 0. The first-order valence-corrected chi connectivity index (χ1v) is 9.30. The fourth-order valence-electron chi connectivity index (χ4n) is 3.17. The van der Waals surface area contributed by atoms with Crippen molar-refractivity contribution in [2.75, 3.05) is 26.2 Å². The SMILES string of the molecule is CCOC(=O)[C@@H]1CCCN(S(=O)(=O)N2CCCC[C@H]2C)C1. The summed E-state index contributed by atoms with van der Waals surface area (Å²) in [5.41, 5.74) is 0. The summed E-state index contributed by atoms with van der Waals surface area (Å²) in [6, 6.07) is 0.0479. The van der Waals surface area contributed by atoms with Crippen LogP contribution in [-0.2, 0) is 19.7 Å². The van der Waals surface area contributed by atoms with Crippen LogP contribution in [0.3, 0.4) is 0 Å². The first-order chi connectivity index (χ1) is 9.96. The molecule has 0 saturated carbocycles. The van der Waals surface area contributed by atoms with E-state index in [1.165, 1.54) is 4.31 Å². The minimum absolute atomic E-state index is 0.0479. The summed E-state index contributed by atoms with van der Waals surface area (Å²) >= 11 is 0. The zero-order valence-electron chi connectivity index (χ0n) is 13.0. The van der Waals surface area contributed by atoms with Crippen LogP contribution in [0, 0.1) is 5.92 Å². The molecule has 0 N–H and O–H groups in total. The number of hydrogen-bond acceptors (Lipinski definition) is 4. The van der Waals surface area contributed by atoms with Gasteiger partial charge in [-0.2, -0.15) is 17.0 Å². The molecule has 2 fully saturated rings. The van der Waals surface area contributed by atoms with Crippen molar-refractivity contribution >= 4 is 16.2 Å². The van der Waals surface area contributed by atoms with Gasteiger partial charge in [-0.1, -0.05) is 6.42 Å². The first-order valence-electron chi connectivity index (χ1n) is 7.90. The normalized spacial score (nSPS) is 29.2. The van der Waals surface area contributed by atoms with Crippen molar-refractivity contribution in [3.8, 4) is 0 Å². The lowest BCUT2D eigenvalue weighted by molar-refractivity contribution is -0.149. The molecule has 21 heavy (non-hydrogen) atoms. The van der Waals surface area contributed by atoms with Gasteiger partial charge in [0.05, 0.1) is 12.5 Å². The molecule has 7 heteroatoms. The second kappa shape index (κ2) is 7.07. The zero-order chi connectivity index (χ0) is 15.5. The summed E-state index contributed by atoms with van der Waals surface area (Å²) in [4.78, 5) is 11.9. The van der Waals surface area contributed by atoms with Gasteiger partial charge in [-0.3, -0.25) is 4.79 Å². The highest BCUT2D eigenvalue weighted by molar-refractivity contribution is 7.86. The number of carbonyl (C=O) groups is 1. The van der Waals surface area contributed by atoms with Crippen molar-refractivity contribution in [2.24, 2.45) is 5.92 Å². The Morgan fingerprint density at radius 2 is 1.95 bits per heavy atom. The van der Waals surface area contributed by atoms with E-state index in [-0.39, 0.29) is 24.5 Å². The monoisotopic (exact) mass is 318 g/mol. The van der Waals surface area contributed by atoms with E-state index < -0.39 is 10.2 Å². The molecule has 0 aromatic heterocycles. The molecule has 122 valence electrons. The van der Waals surface area contributed by atoms with Gasteiger partial charge < -0.3 is 4.74 Å². The summed E-state index contributed by atoms with van der Waals surface area (Å²) in [5.74, 6) is -0.599. The van der Waals surface area contributed by atoms with Crippen LogP contribution < -0.4 is 0 Å². The van der Waals surface area contributed by atoms with Crippen LogP contribution in [0.1, 0.15) is 46.0 Å². The van der Waals surface area contributed by atoms with Crippen LogP contribution in [0.15, 0.2) is 0 Å². The van der Waals surface area contributed by atoms with Gasteiger partial charge in [0, 0.05) is 25.7 Å². The van der Waals surface area contributed by atoms with Gasteiger partial charge in [0.2, 0.25) is 0 Å². The summed E-state index contributed by atoms with van der Waals surface area (Å²) in [6.07, 6.45) is 4.33. The summed E-state index contributed by atoms with van der Waals surface area (Å²) in [7, 11) is -3.46. The van der Waals surface area contributed by atoms with Crippen molar-refractivity contribution in [3.05, 3.63) is 0 Å². The molecular weight excluding hydrogens is 292 g/mol. The molecule has 0 bridgehead atoms. The highest BCUT2D eigenvalue weighted by Crippen LogP contribution is 2.26. The van der Waals surface area contributed by atoms with Gasteiger partial charge in [-0.15, -0.1) is 0 Å². The number of nitrogens with zero attached hydrogens (tertiary/aromatic N) is 2. The molecule has 0 aliphatic carbocycles. The fourth-order valence-corrected chi connectivity index (χ4v) is 5.11. The molecule has 2 rings (SSSR count). The lowest BCUT2D eigenvalue weighted by Crippen LogP contribution is -2.53. The molecule has 0 radical (unpaired) electrons. The van der Waals surface area contributed by atoms with Crippen molar-refractivity contribution in [1.82, 2.24) is 8.61 Å². The maximum Gasteiger partial charge on any atom is 0.310 e. The van der Waals surface area contributed by atoms with Crippen LogP contribution in [0.4, 0.5) is 0 Å². The molecule has 2 saturated heterocycles. The maximum atomic E-state index is 12.8. The van der Waals surface area contributed by atoms with Gasteiger partial charge in [0.1, 0.15) is 0 Å². The molecule has 0 aromatic carbocycles. The van der Waals surface area contributed by atoms with E-state index in [0.29, 0.717) is 32.5 Å². The Bertz CT molecular complexity index is 466. The standard InChI is InChI=1S/C14H26N2O4S/c1-3-20-14(17)13-8-6-9-15(11-13)21(18,19)16-10-5-4-7-12(16)2/h12-13H,3-11H2,1-2H3/t12-,13-/m1/s1. The number of esters is 1. The zero-order valence-corrected chi connectivity index (χ0v) is 13.8. The van der Waals surface area contributed by atoms with E-state index in [0.717, 1.165) is 19.3 Å². The molecule has 0 unspecified atom stereocenters. The van der Waals surface area contributed by atoms with Crippen molar-refractivity contribution in [1.29, 1.82) is 0 Å². The number of rotatable bonds is 4. The number of ether oxygens (including phenoxy) is 1. The molecular formula is C14H26N2O4S. The highest BCUT2D eigenvalue weighted by atomic mass is 32.2. The molecule has 0 amide bonds. The third kappa shape index (κ3) is 3.76. The van der Waals surface area contributed by atoms with Crippen LogP contribution >= 0.6 is 0 Å². The molecule has 2 atom stereocenters. The topological polar surface area (TPSA) is 66.9 Å². The average molecular weight is 318 g/mol. The molecule has 2 aliphatic rings. The Morgan fingerprint density at radius 3 is 2.62 bits per heavy atom. The van der Waals surface area contributed by atoms with Crippen LogP contribution in [0.5, 0.6) is 0 Å². The van der Waals surface area contributed by atoms with Crippen molar-refractivity contribution in [3.63, 3.8) is 0 Å². The Kier molecular flexibility index (Phi) is 5.62. The molecule has 2 heterocycles. The van der Waals surface area contributed by atoms with Crippen LogP contribution in [0.25, 0.3) is 0 Å². The minimum Gasteiger partial charge on any atom is -0.466 e. The Balaban J connectivity index is 2.07. The van der Waals surface area contributed by atoms with E-state index in [9.17, 15) is 13.2 Å². The van der Waals surface area contributed by atoms with Gasteiger partial charge in [0.15, 0.2) is 0 Å². The first kappa shape index (κ1) is 16.7. The minimum atomic E-state index is -3.46. The Labute approximate surface area is 127 Å². The quantitative estimate of drug-likeness (QED) is 0.735. The lowest BCUT2D eigenvalue weighted by Gasteiger charge is -2.38. The van der Waals surface area contributed by atoms with Gasteiger partial charge >= 0.3 is 5.97 Å². The van der Waals surface area contributed by atoms with Crippen molar-refractivity contribution < 1.29 is 17.9 Å². The summed E-state index contributed by atoms with van der Waals surface area (Å²) < 4.78 is 33.7. The largest absolute Gasteiger partial charge is 0.466 e. The van der Waals surface area contributed by atoms with Crippen LogP contribution in [0.2, 0.25) is 0 Å². The average Bonchev–Trinajstić information content (AvgIpc) is 2.48. The van der Waals surface area contributed by atoms with E-state index in [4.69, 9.17) is 4.74 Å². The number of piperidine rings is 2. The van der Waals surface area contributed by atoms with E-state index in [1.807, 2.05) is 6.92 Å². The maximum absolute atomic E-state index is 12.8. The smallest absolute Gasteiger partial charge is 0.310 e. The predicted molar refractivity (Wildman–Crippen MR) is 79.9 cm³/mol. The molecule has 0 spiro atoms. The highest BCUT2D eigenvalue weighted by Gasteiger charge is 2.38. The molecule has 6 nitrogen and oxygen atoms in total. The Hall–Kier alpha value is -0.660. The summed E-state index contributed by atoms with van der Waals surface area (Å²) in [6.45, 7) is 5.41. The van der Waals surface area contributed by atoms with E-state index in [2.05, 4.69) is 0 Å². The molecule has 2 aliphatic heterocycles. The lowest BCUT2D eigenvalue weighted by atomic mass is 10.0. The van der Waals surface area contributed by atoms with Gasteiger partial charge in [-0.25, -0.2) is 0 Å².